The van der Waals surface area contributed by atoms with Crippen LogP contribution in [0.25, 0.3) is 0 Å². The molecule has 1 aliphatic carbocycles. The first-order chi connectivity index (χ1) is 11.3. The van der Waals surface area contributed by atoms with Crippen molar-refractivity contribution in [3.8, 4) is 11.5 Å². The third-order valence-corrected chi connectivity index (χ3v) is 5.11. The summed E-state index contributed by atoms with van der Waals surface area (Å²) in [5.74, 6) is 2.12. The van der Waals surface area contributed by atoms with Gasteiger partial charge in [0.15, 0.2) is 11.5 Å². The minimum Gasteiger partial charge on any atom is -0.486 e. The summed E-state index contributed by atoms with van der Waals surface area (Å²) in [5, 5.41) is 0. The Balaban J connectivity index is 1.55. The lowest BCUT2D eigenvalue weighted by atomic mass is 9.92. The van der Waals surface area contributed by atoms with Crippen LogP contribution in [0.2, 0.25) is 0 Å². The molecule has 1 saturated heterocycles. The van der Waals surface area contributed by atoms with Crippen LogP contribution in [0.5, 0.6) is 11.5 Å². The van der Waals surface area contributed by atoms with Gasteiger partial charge < -0.3 is 14.4 Å². The predicted molar refractivity (Wildman–Crippen MR) is 87.6 cm³/mol. The highest BCUT2D eigenvalue weighted by Crippen LogP contribution is 2.39. The van der Waals surface area contributed by atoms with Gasteiger partial charge in [-0.15, -0.1) is 0 Å². The van der Waals surface area contributed by atoms with Crippen LogP contribution in [-0.2, 0) is 4.79 Å². The third-order valence-electron chi connectivity index (χ3n) is 5.11. The number of fused-ring (bicyclic) bond motifs is 1. The van der Waals surface area contributed by atoms with Gasteiger partial charge in [0.1, 0.15) is 13.2 Å². The first-order valence-corrected chi connectivity index (χ1v) is 8.68. The Kier molecular flexibility index (Phi) is 3.98. The molecule has 1 aromatic rings. The average Bonchev–Trinajstić information content (AvgIpc) is 3.11. The first kappa shape index (κ1) is 14.6. The molecule has 0 spiro atoms. The number of likely N-dealkylation sites (tertiary alicyclic amines) is 1. The lowest BCUT2D eigenvalue weighted by Crippen LogP contribution is -2.36. The van der Waals surface area contributed by atoms with Crippen molar-refractivity contribution in [3.05, 3.63) is 35.9 Å². The summed E-state index contributed by atoms with van der Waals surface area (Å²) in [5.41, 5.74) is 1.17. The molecule has 2 atom stereocenters. The third kappa shape index (κ3) is 2.82. The van der Waals surface area contributed by atoms with Crippen LogP contribution in [0.1, 0.15) is 43.7 Å². The minimum atomic E-state index is 0.165. The second-order valence-electron chi connectivity index (χ2n) is 6.57. The summed E-state index contributed by atoms with van der Waals surface area (Å²) >= 11 is 0. The van der Waals surface area contributed by atoms with E-state index < -0.39 is 0 Å². The molecule has 0 saturated carbocycles. The van der Waals surface area contributed by atoms with Gasteiger partial charge in [0.25, 0.3) is 0 Å². The number of ether oxygens (including phenoxy) is 2. The molecule has 4 nitrogen and oxygen atoms in total. The van der Waals surface area contributed by atoms with Gasteiger partial charge in [-0.05, 0) is 49.8 Å². The Morgan fingerprint density at radius 1 is 1.09 bits per heavy atom. The van der Waals surface area contributed by atoms with Crippen molar-refractivity contribution in [2.45, 2.75) is 38.1 Å². The molecule has 4 rings (SSSR count). The molecule has 122 valence electrons. The van der Waals surface area contributed by atoms with Gasteiger partial charge in [-0.2, -0.15) is 0 Å². The largest absolute Gasteiger partial charge is 0.486 e. The van der Waals surface area contributed by atoms with Crippen LogP contribution in [0.15, 0.2) is 30.4 Å². The monoisotopic (exact) mass is 313 g/mol. The summed E-state index contributed by atoms with van der Waals surface area (Å²) in [6, 6.07) is 6.31. The lowest BCUT2D eigenvalue weighted by Gasteiger charge is -2.30. The Hall–Kier alpha value is -1.97. The van der Waals surface area contributed by atoms with Crippen molar-refractivity contribution in [3.63, 3.8) is 0 Å². The topological polar surface area (TPSA) is 38.8 Å². The molecule has 0 radical (unpaired) electrons. The molecule has 2 heterocycles. The number of carbonyl (C=O) groups is 1. The fraction of sp³-hybridized carbons (Fsp3) is 0.526. The average molecular weight is 313 g/mol. The summed E-state index contributed by atoms with van der Waals surface area (Å²) in [4.78, 5) is 15.0. The number of amides is 1. The number of rotatable bonds is 2. The Labute approximate surface area is 137 Å². The molecular weight excluding hydrogens is 290 g/mol. The molecule has 3 aliphatic rings. The number of hydrogen-bond donors (Lipinski definition) is 0. The molecule has 4 heteroatoms. The number of nitrogens with zero attached hydrogens (tertiary/aromatic N) is 1. The van der Waals surface area contributed by atoms with E-state index >= 15 is 0 Å². The zero-order valence-corrected chi connectivity index (χ0v) is 13.4. The summed E-state index contributed by atoms with van der Waals surface area (Å²) in [6.45, 7) is 2.08. The fourth-order valence-corrected chi connectivity index (χ4v) is 3.90. The van der Waals surface area contributed by atoms with E-state index in [1.54, 1.807) is 0 Å². The number of benzene rings is 1. The van der Waals surface area contributed by atoms with Crippen LogP contribution in [0.4, 0.5) is 0 Å². The van der Waals surface area contributed by atoms with Gasteiger partial charge in [0.2, 0.25) is 5.91 Å². The lowest BCUT2D eigenvalue weighted by molar-refractivity contribution is -0.136. The summed E-state index contributed by atoms with van der Waals surface area (Å²) < 4.78 is 11.3. The van der Waals surface area contributed by atoms with Gasteiger partial charge in [-0.25, -0.2) is 0 Å². The van der Waals surface area contributed by atoms with Crippen molar-refractivity contribution in [2.24, 2.45) is 5.92 Å². The molecule has 23 heavy (non-hydrogen) atoms. The van der Waals surface area contributed by atoms with E-state index in [-0.39, 0.29) is 12.0 Å². The van der Waals surface area contributed by atoms with E-state index in [0.29, 0.717) is 19.1 Å². The van der Waals surface area contributed by atoms with E-state index in [2.05, 4.69) is 29.2 Å². The van der Waals surface area contributed by atoms with Gasteiger partial charge in [-0.3, -0.25) is 4.79 Å². The second kappa shape index (κ2) is 6.26. The van der Waals surface area contributed by atoms with Crippen LogP contribution >= 0.6 is 0 Å². The minimum absolute atomic E-state index is 0.165. The van der Waals surface area contributed by atoms with E-state index in [0.717, 1.165) is 50.1 Å². The van der Waals surface area contributed by atoms with E-state index in [4.69, 9.17) is 9.47 Å². The smallest absolute Gasteiger partial charge is 0.226 e. The van der Waals surface area contributed by atoms with Crippen LogP contribution in [-0.4, -0.2) is 30.6 Å². The van der Waals surface area contributed by atoms with E-state index in [1.807, 2.05) is 6.07 Å². The predicted octanol–water partition coefficient (Wildman–Crippen LogP) is 3.48. The number of allylic oxidation sites excluding steroid dienone is 2. The van der Waals surface area contributed by atoms with Crippen LogP contribution in [0.3, 0.4) is 0 Å². The molecule has 1 fully saturated rings. The van der Waals surface area contributed by atoms with Crippen molar-refractivity contribution < 1.29 is 14.3 Å². The molecular formula is C19H23NO3. The summed E-state index contributed by atoms with van der Waals surface area (Å²) in [7, 11) is 0. The molecule has 1 amide bonds. The van der Waals surface area contributed by atoms with E-state index in [1.165, 1.54) is 5.56 Å². The molecule has 0 aromatic heterocycles. The fourth-order valence-electron chi connectivity index (χ4n) is 3.90. The molecule has 0 N–H and O–H groups in total. The first-order valence-electron chi connectivity index (χ1n) is 8.68. The van der Waals surface area contributed by atoms with Gasteiger partial charge in [0.05, 0.1) is 6.04 Å². The second-order valence-corrected chi connectivity index (χ2v) is 6.57. The number of hydrogen-bond acceptors (Lipinski definition) is 3. The van der Waals surface area contributed by atoms with Crippen molar-refractivity contribution >= 4 is 5.91 Å². The zero-order chi connectivity index (χ0) is 15.6. The maximum absolute atomic E-state index is 12.9. The van der Waals surface area contributed by atoms with Crippen molar-refractivity contribution in [1.29, 1.82) is 0 Å². The zero-order valence-electron chi connectivity index (χ0n) is 13.4. The van der Waals surface area contributed by atoms with Crippen molar-refractivity contribution in [2.75, 3.05) is 19.8 Å². The van der Waals surface area contributed by atoms with Crippen molar-refractivity contribution in [1.82, 2.24) is 4.90 Å². The maximum atomic E-state index is 12.9. The normalized spacial score (nSPS) is 26.3. The number of carbonyl (C=O) groups excluding carboxylic acids is 1. The molecule has 1 aromatic carbocycles. The summed E-state index contributed by atoms with van der Waals surface area (Å²) in [6.07, 6.45) is 9.36. The standard InChI is InChI=1S/C19H23NO3/c21-19(14-5-2-1-3-6-14)20-10-4-7-16(20)15-8-9-17-18(13-15)23-12-11-22-17/h1-2,8-9,13-14,16H,3-7,10-12H2. The highest BCUT2D eigenvalue weighted by atomic mass is 16.6. The Morgan fingerprint density at radius 3 is 2.78 bits per heavy atom. The van der Waals surface area contributed by atoms with Gasteiger partial charge in [-0.1, -0.05) is 18.2 Å². The maximum Gasteiger partial charge on any atom is 0.226 e. The highest BCUT2D eigenvalue weighted by Gasteiger charge is 2.34. The molecule has 2 aliphatic heterocycles. The quantitative estimate of drug-likeness (QED) is 0.785. The van der Waals surface area contributed by atoms with E-state index in [9.17, 15) is 4.79 Å². The van der Waals surface area contributed by atoms with Gasteiger partial charge >= 0.3 is 0 Å². The Morgan fingerprint density at radius 2 is 1.96 bits per heavy atom. The van der Waals surface area contributed by atoms with Crippen LogP contribution < -0.4 is 9.47 Å². The molecule has 0 bridgehead atoms. The van der Waals surface area contributed by atoms with Gasteiger partial charge in [0, 0.05) is 12.5 Å². The highest BCUT2D eigenvalue weighted by molar-refractivity contribution is 5.80. The Bertz CT molecular complexity index is 625. The molecule has 2 unspecified atom stereocenters. The van der Waals surface area contributed by atoms with Crippen LogP contribution in [0, 0.1) is 5.92 Å². The SMILES string of the molecule is O=C(C1CC=CCC1)N1CCCC1c1ccc2c(c1)OCCO2.